The summed E-state index contributed by atoms with van der Waals surface area (Å²) in [5.74, 6) is 1.42. The molecule has 0 bridgehead atoms. The molecule has 0 amide bonds. The molecule has 0 aromatic heterocycles. The molecule has 0 aliphatic heterocycles. The molecule has 0 aliphatic carbocycles. The third kappa shape index (κ3) is 136. The van der Waals surface area contributed by atoms with Crippen molar-refractivity contribution in [2.45, 2.75) is 20.8 Å². The van der Waals surface area contributed by atoms with E-state index in [1.165, 1.54) is 5.92 Å². The molecular formula is C5H12Li2. The molecule has 0 radical (unpaired) electrons. The Morgan fingerprint density at radius 3 is 0.857 bits per heavy atom. The predicted molar refractivity (Wildman–Crippen MR) is 26.7 cm³/mol. The quantitative estimate of drug-likeness (QED) is 0.209. The molecular weight excluding hydrogens is 73.9 g/mol. The van der Waals surface area contributed by atoms with Gasteiger partial charge in [0.25, 0.3) is 0 Å². The summed E-state index contributed by atoms with van der Waals surface area (Å²) in [5.41, 5.74) is 0. The second-order valence-corrected chi connectivity index (χ2v) is 1.50. The minimum atomic E-state index is 0. The fourth-order valence-corrected chi connectivity index (χ4v) is 0. The van der Waals surface area contributed by atoms with Gasteiger partial charge < -0.3 is 13.3 Å². The van der Waals surface area contributed by atoms with Gasteiger partial charge in [0.15, 0.2) is 0 Å². The van der Waals surface area contributed by atoms with Gasteiger partial charge in [-0.1, -0.05) is 0 Å². The van der Waals surface area contributed by atoms with E-state index in [9.17, 15) is 0 Å². The average Bonchev–Trinajstić information content (AvgIpc) is 0.811. The molecule has 0 aromatic rings. The second kappa shape index (κ2) is 15.7. The first-order valence-electron chi connectivity index (χ1n) is 1.50. The van der Waals surface area contributed by atoms with Crippen LogP contribution in [0, 0.1) is 13.3 Å². The molecule has 0 atom stereocenters. The Bertz CT molecular complexity index is 10.8. The Morgan fingerprint density at radius 1 is 0.857 bits per heavy atom. The zero-order valence-electron chi connectivity index (χ0n) is 6.50. The molecule has 0 spiro atoms. The molecule has 0 rings (SSSR count). The maximum atomic E-state index is 2.08. The van der Waals surface area contributed by atoms with E-state index in [2.05, 4.69) is 20.8 Å². The molecule has 0 unspecified atom stereocenters. The Balaban J connectivity index is -0.0000000150. The summed E-state index contributed by atoms with van der Waals surface area (Å²) in [4.78, 5) is 0. The monoisotopic (exact) mass is 86.1 g/mol. The van der Waals surface area contributed by atoms with Gasteiger partial charge in [0.1, 0.15) is 0 Å². The van der Waals surface area contributed by atoms with Crippen LogP contribution < -0.4 is 37.7 Å². The third-order valence-corrected chi connectivity index (χ3v) is 0. The van der Waals surface area contributed by atoms with Crippen molar-refractivity contribution in [1.29, 1.82) is 0 Å². The first kappa shape index (κ1) is 24.1. The van der Waals surface area contributed by atoms with E-state index in [0.717, 1.165) is 0 Å². The zero-order valence-corrected chi connectivity index (χ0v) is 6.50. The molecule has 0 aliphatic rings. The molecule has 34 valence electrons. The fourth-order valence-electron chi connectivity index (χ4n) is 0. The van der Waals surface area contributed by atoms with Crippen molar-refractivity contribution < 1.29 is 37.7 Å². The van der Waals surface area contributed by atoms with Crippen molar-refractivity contribution >= 4 is 0 Å². The van der Waals surface area contributed by atoms with E-state index in [4.69, 9.17) is 0 Å². The van der Waals surface area contributed by atoms with Crippen molar-refractivity contribution in [3.8, 4) is 0 Å². The van der Waals surface area contributed by atoms with Gasteiger partial charge in [0, 0.05) is 0 Å². The van der Waals surface area contributed by atoms with Crippen LogP contribution in [0.1, 0.15) is 20.8 Å². The third-order valence-electron chi connectivity index (χ3n) is 0. The Morgan fingerprint density at radius 2 is 0.857 bits per heavy atom. The minimum Gasteiger partial charge on any atom is -0.358 e. The van der Waals surface area contributed by atoms with Crippen molar-refractivity contribution in [1.82, 2.24) is 0 Å². The topological polar surface area (TPSA) is 0 Å². The number of rotatable bonds is 0. The maximum absolute atomic E-state index is 2.08. The van der Waals surface area contributed by atoms with Crippen LogP contribution in [-0.2, 0) is 0 Å². The molecule has 0 saturated carbocycles. The van der Waals surface area contributed by atoms with Crippen molar-refractivity contribution in [3.63, 3.8) is 0 Å². The molecule has 7 heavy (non-hydrogen) atoms. The average molecular weight is 86.0 g/mol. The van der Waals surface area contributed by atoms with Gasteiger partial charge in [-0.05, 0) is 0 Å². The van der Waals surface area contributed by atoms with Gasteiger partial charge in [-0.15, -0.1) is 0 Å². The molecule has 0 fully saturated rings. The molecule has 0 nitrogen and oxygen atoms in total. The molecule has 0 saturated heterocycles. The zero-order chi connectivity index (χ0) is 3.58. The minimum absolute atomic E-state index is 0. The number of hydrogen-bond acceptors (Lipinski definition) is 0. The van der Waals surface area contributed by atoms with Crippen LogP contribution in [-0.4, -0.2) is 0 Å². The maximum Gasteiger partial charge on any atom is 1.00 e. The van der Waals surface area contributed by atoms with E-state index in [-0.39, 0.29) is 45.1 Å². The number of hydrogen-bond donors (Lipinski definition) is 0. The predicted octanol–water partition coefficient (Wildman–Crippen LogP) is -3.92. The van der Waals surface area contributed by atoms with Gasteiger partial charge in [-0.3, -0.25) is 0 Å². The summed E-state index contributed by atoms with van der Waals surface area (Å²) in [6, 6.07) is 0. The smallest absolute Gasteiger partial charge is 0.358 e. The Labute approximate surface area is 71.8 Å². The second-order valence-electron chi connectivity index (χ2n) is 1.50. The van der Waals surface area contributed by atoms with Crippen LogP contribution in [0.4, 0.5) is 0 Å². The van der Waals surface area contributed by atoms with E-state index in [0.29, 0.717) is 0 Å². The van der Waals surface area contributed by atoms with Crippen LogP contribution in [0.15, 0.2) is 0 Å². The largest absolute Gasteiger partial charge is 1.00 e. The van der Waals surface area contributed by atoms with Crippen molar-refractivity contribution in [2.75, 3.05) is 0 Å². The van der Waals surface area contributed by atoms with Crippen molar-refractivity contribution in [2.24, 2.45) is 0 Å². The summed E-state index contributed by atoms with van der Waals surface area (Å²) in [6.07, 6.45) is 0. The van der Waals surface area contributed by atoms with Crippen LogP contribution in [0.2, 0.25) is 0 Å². The van der Waals surface area contributed by atoms with Gasteiger partial charge in [-0.2, -0.15) is 20.8 Å². The standard InChI is InChI=1S/C4H9.CH3.2Li/c1-4(2)3;;;/h1-3H3;1H3;;/q2*-1;2*+1. The van der Waals surface area contributed by atoms with Gasteiger partial charge in [-0.25, -0.2) is 0 Å². The van der Waals surface area contributed by atoms with E-state index in [1.807, 2.05) is 0 Å². The van der Waals surface area contributed by atoms with E-state index >= 15 is 0 Å². The van der Waals surface area contributed by atoms with Crippen molar-refractivity contribution in [3.05, 3.63) is 13.3 Å². The first-order valence-corrected chi connectivity index (χ1v) is 1.50. The summed E-state index contributed by atoms with van der Waals surface area (Å²) in [7, 11) is 0. The first-order chi connectivity index (χ1) is 1.73. The molecule has 0 aromatic carbocycles. The Kier molecular flexibility index (Phi) is 54.0. The fraction of sp³-hybridized carbons (Fsp3) is 0.600. The van der Waals surface area contributed by atoms with Crippen LogP contribution >= 0.6 is 0 Å². The van der Waals surface area contributed by atoms with Crippen LogP contribution in [0.5, 0.6) is 0 Å². The molecule has 0 N–H and O–H groups in total. The van der Waals surface area contributed by atoms with Gasteiger partial charge in [0.2, 0.25) is 0 Å². The Hall–Kier alpha value is 1.19. The summed E-state index contributed by atoms with van der Waals surface area (Å²) in [6.45, 7) is 6.25. The van der Waals surface area contributed by atoms with Gasteiger partial charge in [0.05, 0.1) is 0 Å². The summed E-state index contributed by atoms with van der Waals surface area (Å²) in [5, 5.41) is 0. The van der Waals surface area contributed by atoms with E-state index in [1.54, 1.807) is 0 Å². The van der Waals surface area contributed by atoms with Gasteiger partial charge >= 0.3 is 37.7 Å². The normalized spacial score (nSPS) is 5.14. The molecule has 2 heteroatoms. The van der Waals surface area contributed by atoms with Crippen LogP contribution in [0.3, 0.4) is 0 Å². The van der Waals surface area contributed by atoms with E-state index < -0.39 is 0 Å². The summed E-state index contributed by atoms with van der Waals surface area (Å²) < 4.78 is 0. The SMILES string of the molecule is C[C-](C)C.[CH3-].[Li+].[Li+]. The van der Waals surface area contributed by atoms with Crippen LogP contribution in [0.25, 0.3) is 0 Å². The summed E-state index contributed by atoms with van der Waals surface area (Å²) >= 11 is 0. The molecule has 0 heterocycles.